The van der Waals surface area contributed by atoms with Crippen LogP contribution >= 0.6 is 0 Å². The predicted octanol–water partition coefficient (Wildman–Crippen LogP) is 3.87. The molecule has 0 saturated carbocycles. The van der Waals surface area contributed by atoms with E-state index in [4.69, 9.17) is 4.74 Å². The normalized spacial score (nSPS) is 16.8. The SMILES string of the molecule is Cc1cccc(C)c1NC(=O)COC(=O)c1cc(S(=O)(=O)N2CCCCC2)ccc1N1CCCC1. The van der Waals surface area contributed by atoms with Crippen LogP contribution in [0.5, 0.6) is 0 Å². The smallest absolute Gasteiger partial charge is 0.340 e. The van der Waals surface area contributed by atoms with Gasteiger partial charge in [0.25, 0.3) is 5.91 Å². The molecule has 0 atom stereocenters. The Morgan fingerprint density at radius 2 is 1.54 bits per heavy atom. The average Bonchev–Trinajstić information content (AvgIpc) is 3.40. The lowest BCUT2D eigenvalue weighted by Crippen LogP contribution is -2.35. The van der Waals surface area contributed by atoms with Crippen LogP contribution in [0.15, 0.2) is 41.3 Å². The fourth-order valence-corrected chi connectivity index (χ4v) is 6.27. The number of carbonyl (C=O) groups is 2. The molecule has 0 aromatic heterocycles. The van der Waals surface area contributed by atoms with Gasteiger partial charge in [-0.15, -0.1) is 0 Å². The van der Waals surface area contributed by atoms with Gasteiger partial charge in [-0.1, -0.05) is 24.6 Å². The van der Waals surface area contributed by atoms with Crippen LogP contribution in [0.4, 0.5) is 11.4 Å². The lowest BCUT2D eigenvalue weighted by atomic mass is 10.1. The molecule has 0 radical (unpaired) electrons. The molecule has 35 heavy (non-hydrogen) atoms. The van der Waals surface area contributed by atoms with Crippen molar-refractivity contribution in [3.8, 4) is 0 Å². The first-order valence-electron chi connectivity index (χ1n) is 12.2. The summed E-state index contributed by atoms with van der Waals surface area (Å²) in [4.78, 5) is 27.8. The molecule has 2 aliphatic rings. The molecule has 2 aromatic carbocycles. The van der Waals surface area contributed by atoms with Gasteiger partial charge in [0.1, 0.15) is 0 Å². The van der Waals surface area contributed by atoms with E-state index >= 15 is 0 Å². The van der Waals surface area contributed by atoms with E-state index in [1.54, 1.807) is 12.1 Å². The molecule has 2 heterocycles. The van der Waals surface area contributed by atoms with E-state index < -0.39 is 28.5 Å². The van der Waals surface area contributed by atoms with E-state index in [0.29, 0.717) is 24.5 Å². The van der Waals surface area contributed by atoms with Crippen LogP contribution in [0.2, 0.25) is 0 Å². The molecule has 2 aromatic rings. The number of nitrogens with one attached hydrogen (secondary N) is 1. The molecule has 1 amide bonds. The molecule has 0 aliphatic carbocycles. The van der Waals surface area contributed by atoms with Crippen LogP contribution in [-0.2, 0) is 19.6 Å². The van der Waals surface area contributed by atoms with Crippen molar-refractivity contribution in [2.24, 2.45) is 0 Å². The van der Waals surface area contributed by atoms with E-state index in [1.165, 1.54) is 10.4 Å². The summed E-state index contributed by atoms with van der Waals surface area (Å²) >= 11 is 0. The number of sulfonamides is 1. The van der Waals surface area contributed by atoms with Gasteiger partial charge in [0.05, 0.1) is 16.1 Å². The third kappa shape index (κ3) is 5.67. The zero-order valence-corrected chi connectivity index (χ0v) is 21.2. The number of piperidine rings is 1. The Bertz CT molecular complexity index is 1180. The zero-order valence-electron chi connectivity index (χ0n) is 20.4. The summed E-state index contributed by atoms with van der Waals surface area (Å²) < 4.78 is 33.3. The highest BCUT2D eigenvalue weighted by atomic mass is 32.2. The van der Waals surface area contributed by atoms with Crippen molar-refractivity contribution in [2.45, 2.75) is 50.8 Å². The molecule has 2 fully saturated rings. The predicted molar refractivity (Wildman–Crippen MR) is 135 cm³/mol. The van der Waals surface area contributed by atoms with Crippen molar-refractivity contribution in [2.75, 3.05) is 43.0 Å². The molecule has 1 N–H and O–H groups in total. The summed E-state index contributed by atoms with van der Waals surface area (Å²) in [6.45, 7) is 5.85. The van der Waals surface area contributed by atoms with Gasteiger partial charge in [-0.25, -0.2) is 13.2 Å². The molecule has 188 valence electrons. The second-order valence-electron chi connectivity index (χ2n) is 9.23. The first kappa shape index (κ1) is 25.2. The van der Waals surface area contributed by atoms with Crippen LogP contribution < -0.4 is 10.2 Å². The third-order valence-electron chi connectivity index (χ3n) is 6.67. The van der Waals surface area contributed by atoms with E-state index in [1.807, 2.05) is 32.0 Å². The Hall–Kier alpha value is -2.91. The van der Waals surface area contributed by atoms with Gasteiger partial charge in [-0.05, 0) is 68.9 Å². The first-order chi connectivity index (χ1) is 16.8. The van der Waals surface area contributed by atoms with Crippen LogP contribution in [-0.4, -0.2) is 57.4 Å². The molecular weight excluding hydrogens is 466 g/mol. The van der Waals surface area contributed by atoms with Crippen molar-refractivity contribution in [1.82, 2.24) is 4.31 Å². The number of amides is 1. The Kier molecular flexibility index (Phi) is 7.76. The standard InChI is InChI=1S/C26H33N3O5S/c1-19-9-8-10-20(2)25(19)27-24(30)18-34-26(31)22-17-21(11-12-23(22)28-13-6-7-14-28)35(32,33)29-15-4-3-5-16-29/h8-12,17H,3-7,13-16,18H2,1-2H3,(H,27,30). The Balaban J connectivity index is 1.54. The van der Waals surface area contributed by atoms with Crippen molar-refractivity contribution < 1.29 is 22.7 Å². The van der Waals surface area contributed by atoms with E-state index in [2.05, 4.69) is 10.2 Å². The van der Waals surface area contributed by atoms with Crippen molar-refractivity contribution >= 4 is 33.3 Å². The fraction of sp³-hybridized carbons (Fsp3) is 0.462. The second-order valence-corrected chi connectivity index (χ2v) is 11.2. The lowest BCUT2D eigenvalue weighted by Gasteiger charge is -2.27. The number of ether oxygens (including phenoxy) is 1. The van der Waals surface area contributed by atoms with Crippen molar-refractivity contribution in [3.63, 3.8) is 0 Å². The summed E-state index contributed by atoms with van der Waals surface area (Å²) in [7, 11) is -3.71. The van der Waals surface area contributed by atoms with Gasteiger partial charge in [0.15, 0.2) is 6.61 Å². The summed E-state index contributed by atoms with van der Waals surface area (Å²) in [6, 6.07) is 10.4. The average molecular weight is 500 g/mol. The number of nitrogens with zero attached hydrogens (tertiary/aromatic N) is 2. The summed E-state index contributed by atoms with van der Waals surface area (Å²) in [6.07, 6.45) is 4.67. The minimum atomic E-state index is -3.71. The summed E-state index contributed by atoms with van der Waals surface area (Å²) in [5, 5.41) is 2.80. The number of hydrogen-bond donors (Lipinski definition) is 1. The van der Waals surface area contributed by atoms with Crippen LogP contribution in [0.25, 0.3) is 0 Å². The number of rotatable bonds is 7. The van der Waals surface area contributed by atoms with Gasteiger partial charge in [-0.3, -0.25) is 4.79 Å². The number of carbonyl (C=O) groups excluding carboxylic acids is 2. The van der Waals surface area contributed by atoms with Crippen molar-refractivity contribution in [3.05, 3.63) is 53.1 Å². The summed E-state index contributed by atoms with van der Waals surface area (Å²) in [5.41, 5.74) is 3.33. The fourth-order valence-electron chi connectivity index (χ4n) is 4.72. The van der Waals surface area contributed by atoms with Gasteiger partial charge in [0.2, 0.25) is 10.0 Å². The maximum absolute atomic E-state index is 13.2. The van der Waals surface area contributed by atoms with Gasteiger partial charge < -0.3 is 15.0 Å². The van der Waals surface area contributed by atoms with Crippen LogP contribution in [0, 0.1) is 13.8 Å². The first-order valence-corrected chi connectivity index (χ1v) is 13.6. The second kappa shape index (κ2) is 10.8. The molecule has 9 heteroatoms. The molecule has 2 saturated heterocycles. The molecule has 0 unspecified atom stereocenters. The number of esters is 1. The topological polar surface area (TPSA) is 96.0 Å². The van der Waals surface area contributed by atoms with E-state index in [9.17, 15) is 18.0 Å². The zero-order chi connectivity index (χ0) is 25.0. The number of benzene rings is 2. The Morgan fingerprint density at radius 1 is 0.914 bits per heavy atom. The quantitative estimate of drug-likeness (QED) is 0.581. The lowest BCUT2D eigenvalue weighted by molar-refractivity contribution is -0.119. The molecule has 0 spiro atoms. The maximum atomic E-state index is 13.2. The molecule has 8 nitrogen and oxygen atoms in total. The van der Waals surface area contributed by atoms with E-state index in [0.717, 1.165) is 56.3 Å². The van der Waals surface area contributed by atoms with Crippen LogP contribution in [0.3, 0.4) is 0 Å². The number of para-hydroxylation sites is 1. The largest absolute Gasteiger partial charge is 0.452 e. The molecule has 2 aliphatic heterocycles. The number of hydrogen-bond acceptors (Lipinski definition) is 6. The minimum absolute atomic E-state index is 0.0780. The Morgan fingerprint density at radius 3 is 2.20 bits per heavy atom. The van der Waals surface area contributed by atoms with Crippen LogP contribution in [0.1, 0.15) is 53.6 Å². The monoisotopic (exact) mass is 499 g/mol. The maximum Gasteiger partial charge on any atom is 0.340 e. The molecule has 4 rings (SSSR count). The van der Waals surface area contributed by atoms with E-state index in [-0.39, 0.29) is 10.5 Å². The van der Waals surface area contributed by atoms with Gasteiger partial charge in [-0.2, -0.15) is 4.31 Å². The molecule has 0 bridgehead atoms. The highest BCUT2D eigenvalue weighted by Gasteiger charge is 2.29. The summed E-state index contributed by atoms with van der Waals surface area (Å²) in [5.74, 6) is -1.16. The highest BCUT2D eigenvalue weighted by Crippen LogP contribution is 2.30. The van der Waals surface area contributed by atoms with Gasteiger partial charge in [0, 0.05) is 31.9 Å². The Labute approximate surface area is 207 Å². The van der Waals surface area contributed by atoms with Gasteiger partial charge >= 0.3 is 5.97 Å². The highest BCUT2D eigenvalue weighted by molar-refractivity contribution is 7.89. The molecular formula is C26H33N3O5S. The minimum Gasteiger partial charge on any atom is -0.452 e. The third-order valence-corrected chi connectivity index (χ3v) is 8.56. The van der Waals surface area contributed by atoms with Crippen molar-refractivity contribution in [1.29, 1.82) is 0 Å². The number of anilines is 2. The number of aryl methyl sites for hydroxylation is 2.